The monoisotopic (exact) mass is 595 g/mol. The lowest BCUT2D eigenvalue weighted by molar-refractivity contribution is -0.128. The van der Waals surface area contributed by atoms with Crippen LogP contribution in [0.1, 0.15) is 37.8 Å². The molecule has 1 aliphatic rings. The van der Waals surface area contributed by atoms with E-state index >= 15 is 0 Å². The Morgan fingerprint density at radius 1 is 0.977 bits per heavy atom. The fraction of sp³-hybridized carbons (Fsp3) is 0.265. The highest BCUT2D eigenvalue weighted by Crippen LogP contribution is 2.40. The summed E-state index contributed by atoms with van der Waals surface area (Å²) in [5.41, 5.74) is 15.4. The molecule has 9 heteroatoms. The lowest BCUT2D eigenvalue weighted by Gasteiger charge is -2.32. The molecule has 4 amide bonds. The number of urea groups is 1. The fourth-order valence-corrected chi connectivity index (χ4v) is 6.60. The molecule has 1 aliphatic heterocycles. The van der Waals surface area contributed by atoms with Crippen LogP contribution in [0.2, 0.25) is 0 Å². The lowest BCUT2D eigenvalue weighted by atomic mass is 9.98. The van der Waals surface area contributed by atoms with Crippen molar-refractivity contribution in [1.29, 1.82) is 0 Å². The molecule has 0 spiro atoms. The maximum absolute atomic E-state index is 14.2. The minimum atomic E-state index is -0.676. The summed E-state index contributed by atoms with van der Waals surface area (Å²) in [4.78, 5) is 41.2. The number of nitrogens with two attached hydrogens (primary N) is 2. The molecule has 0 bridgehead atoms. The lowest BCUT2D eigenvalue weighted by Crippen LogP contribution is -2.51. The van der Waals surface area contributed by atoms with Gasteiger partial charge in [0.1, 0.15) is 6.04 Å². The molecule has 4 aromatic carbocycles. The van der Waals surface area contributed by atoms with Crippen molar-refractivity contribution < 1.29 is 14.4 Å². The smallest absolute Gasteiger partial charge is 0.312 e. The number of benzene rings is 4. The van der Waals surface area contributed by atoms with Gasteiger partial charge in [0.25, 0.3) is 0 Å². The van der Waals surface area contributed by atoms with E-state index in [0.717, 1.165) is 43.6 Å². The van der Waals surface area contributed by atoms with Crippen molar-refractivity contribution in [2.24, 2.45) is 11.5 Å². The number of carbonyl (C=O) groups excluding carboxylic acids is 3. The predicted molar refractivity (Wildman–Crippen MR) is 174 cm³/mol. The zero-order valence-corrected chi connectivity index (χ0v) is 25.2. The van der Waals surface area contributed by atoms with Gasteiger partial charge < -0.3 is 27.0 Å². The molecule has 1 unspecified atom stereocenters. The number of amides is 4. The number of hydrogen-bond donors (Lipinski definition) is 4. The third kappa shape index (κ3) is 7.36. The second kappa shape index (κ2) is 12.9. The van der Waals surface area contributed by atoms with Gasteiger partial charge in [0.05, 0.1) is 12.2 Å². The molecule has 6 N–H and O–H groups in total. The molecule has 222 valence electrons. The standard InChI is InChI=1S/C34H37N5O3S/c1-34(2,36)19-30(40)38-28-17-18-43-31-27-10-6-3-7-23(27)15-16-29(31)39(32(28)41)21-22-11-13-24(14-12-22)26-9-5-4-8-25(26)20-37-33(35)42/h3-16,28H,17-21,36H2,1-2H3,(H,38,40)(H3,35,37,42). The first-order valence-corrected chi connectivity index (χ1v) is 15.3. The van der Waals surface area contributed by atoms with Crippen molar-refractivity contribution in [1.82, 2.24) is 10.6 Å². The van der Waals surface area contributed by atoms with Crippen LogP contribution in [0.4, 0.5) is 10.5 Å². The van der Waals surface area contributed by atoms with Crippen LogP contribution in [0.25, 0.3) is 21.9 Å². The van der Waals surface area contributed by atoms with E-state index in [0.29, 0.717) is 25.3 Å². The number of anilines is 1. The molecule has 0 radical (unpaired) electrons. The Balaban J connectivity index is 1.47. The molecule has 43 heavy (non-hydrogen) atoms. The van der Waals surface area contributed by atoms with Crippen molar-refractivity contribution in [3.63, 3.8) is 0 Å². The molecule has 5 rings (SSSR count). The first-order valence-electron chi connectivity index (χ1n) is 14.3. The third-order valence-corrected chi connectivity index (χ3v) is 8.55. The molecule has 0 aromatic heterocycles. The number of rotatable bonds is 8. The molecule has 4 aromatic rings. The topological polar surface area (TPSA) is 131 Å². The summed E-state index contributed by atoms with van der Waals surface area (Å²) < 4.78 is 0. The Kier molecular flexibility index (Phi) is 9.03. The van der Waals surface area contributed by atoms with Crippen LogP contribution in [0, 0.1) is 0 Å². The molecule has 1 atom stereocenters. The number of nitrogens with zero attached hydrogens (tertiary/aromatic N) is 1. The second-order valence-corrected chi connectivity index (χ2v) is 12.7. The normalized spacial score (nSPS) is 15.4. The highest BCUT2D eigenvalue weighted by atomic mass is 32.2. The predicted octanol–water partition coefficient (Wildman–Crippen LogP) is 5.32. The maximum Gasteiger partial charge on any atom is 0.312 e. The summed E-state index contributed by atoms with van der Waals surface area (Å²) in [6.45, 7) is 4.26. The maximum atomic E-state index is 14.2. The molecular weight excluding hydrogens is 558 g/mol. The molecule has 1 heterocycles. The van der Waals surface area contributed by atoms with Crippen LogP contribution in [0.3, 0.4) is 0 Å². The molecule has 0 saturated carbocycles. The number of thioether (sulfide) groups is 1. The first kappa shape index (κ1) is 30.1. The number of primary amides is 1. The van der Waals surface area contributed by atoms with Gasteiger partial charge in [-0.1, -0.05) is 78.9 Å². The largest absolute Gasteiger partial charge is 0.352 e. The van der Waals surface area contributed by atoms with Gasteiger partial charge >= 0.3 is 6.03 Å². The number of carbonyl (C=O) groups is 3. The Labute approximate surface area is 256 Å². The zero-order chi connectivity index (χ0) is 30.6. The van der Waals surface area contributed by atoms with Crippen LogP contribution in [-0.4, -0.2) is 35.2 Å². The third-order valence-electron chi connectivity index (χ3n) is 7.39. The van der Waals surface area contributed by atoms with E-state index in [4.69, 9.17) is 11.5 Å². The first-order chi connectivity index (χ1) is 20.6. The summed E-state index contributed by atoms with van der Waals surface area (Å²) in [6, 6.07) is 26.9. The van der Waals surface area contributed by atoms with Crippen molar-refractivity contribution >= 4 is 46.1 Å². The summed E-state index contributed by atoms with van der Waals surface area (Å²) in [6.07, 6.45) is 0.636. The van der Waals surface area contributed by atoms with E-state index in [1.165, 1.54) is 0 Å². The Morgan fingerprint density at radius 3 is 2.44 bits per heavy atom. The highest BCUT2D eigenvalue weighted by molar-refractivity contribution is 7.99. The van der Waals surface area contributed by atoms with E-state index in [2.05, 4.69) is 22.8 Å². The average Bonchev–Trinajstić information content (AvgIpc) is 2.97. The van der Waals surface area contributed by atoms with Gasteiger partial charge in [-0.25, -0.2) is 4.79 Å². The number of hydrogen-bond acceptors (Lipinski definition) is 5. The molecule has 0 saturated heterocycles. The van der Waals surface area contributed by atoms with Crippen LogP contribution in [0.15, 0.2) is 89.8 Å². The van der Waals surface area contributed by atoms with Crippen LogP contribution in [0.5, 0.6) is 0 Å². The van der Waals surface area contributed by atoms with E-state index < -0.39 is 17.6 Å². The van der Waals surface area contributed by atoms with E-state index in [9.17, 15) is 14.4 Å². The summed E-state index contributed by atoms with van der Waals surface area (Å²) in [5, 5.41) is 7.85. The summed E-state index contributed by atoms with van der Waals surface area (Å²) in [7, 11) is 0. The van der Waals surface area contributed by atoms with Gasteiger partial charge in [0, 0.05) is 29.2 Å². The van der Waals surface area contributed by atoms with E-state index in [-0.39, 0.29) is 18.2 Å². The van der Waals surface area contributed by atoms with Gasteiger partial charge in [-0.15, -0.1) is 11.8 Å². The van der Waals surface area contributed by atoms with Crippen molar-refractivity contribution in [2.45, 2.75) is 56.3 Å². The molecular formula is C34H37N5O3S. The average molecular weight is 596 g/mol. The van der Waals surface area contributed by atoms with Crippen molar-refractivity contribution in [3.8, 4) is 11.1 Å². The highest BCUT2D eigenvalue weighted by Gasteiger charge is 2.32. The minimum Gasteiger partial charge on any atom is -0.352 e. The molecule has 0 aliphatic carbocycles. The Morgan fingerprint density at radius 2 is 1.70 bits per heavy atom. The van der Waals surface area contributed by atoms with E-state index in [1.54, 1.807) is 30.5 Å². The number of nitrogens with one attached hydrogen (secondary N) is 2. The zero-order valence-electron chi connectivity index (χ0n) is 24.4. The van der Waals surface area contributed by atoms with Crippen molar-refractivity contribution in [3.05, 3.63) is 96.1 Å². The van der Waals surface area contributed by atoms with Crippen molar-refractivity contribution in [2.75, 3.05) is 10.7 Å². The number of fused-ring (bicyclic) bond motifs is 3. The SMILES string of the molecule is CC(C)(N)CC(=O)NC1CCSc2c(ccc3ccccc23)N(Cc2ccc(-c3ccccc3CNC(N)=O)cc2)C1=O. The second-order valence-electron chi connectivity index (χ2n) is 11.6. The van der Waals surface area contributed by atoms with Gasteiger partial charge in [0.15, 0.2) is 0 Å². The summed E-state index contributed by atoms with van der Waals surface area (Å²) in [5.74, 6) is 0.312. The molecule has 8 nitrogen and oxygen atoms in total. The van der Waals surface area contributed by atoms with E-state index in [1.807, 2.05) is 72.8 Å². The fourth-order valence-electron chi connectivity index (χ4n) is 5.37. The van der Waals surface area contributed by atoms with Crippen LogP contribution in [-0.2, 0) is 22.7 Å². The summed E-state index contributed by atoms with van der Waals surface area (Å²) >= 11 is 1.71. The van der Waals surface area contributed by atoms with Gasteiger partial charge in [0.2, 0.25) is 11.8 Å². The minimum absolute atomic E-state index is 0.128. The molecule has 0 fully saturated rings. The van der Waals surface area contributed by atoms with Crippen LogP contribution < -0.4 is 27.0 Å². The van der Waals surface area contributed by atoms with Gasteiger partial charge in [-0.3, -0.25) is 9.59 Å². The Hall–Kier alpha value is -4.34. The van der Waals surface area contributed by atoms with Gasteiger partial charge in [-0.05, 0) is 59.4 Å². The Bertz CT molecular complexity index is 1650. The van der Waals surface area contributed by atoms with Crippen LogP contribution >= 0.6 is 11.8 Å². The van der Waals surface area contributed by atoms with Gasteiger partial charge in [-0.2, -0.15) is 0 Å². The quantitative estimate of drug-likeness (QED) is 0.219.